The minimum atomic E-state index is -2.54. The Kier molecular flexibility index (Phi) is 4.04. The first-order chi connectivity index (χ1) is 8.66. The summed E-state index contributed by atoms with van der Waals surface area (Å²) in [5, 5.41) is 3.10. The van der Waals surface area contributed by atoms with Gasteiger partial charge in [-0.2, -0.15) is 8.78 Å². The number of aryl methyl sites for hydroxylation is 1. The average molecular weight is 251 g/mol. The second kappa shape index (κ2) is 5.73. The van der Waals surface area contributed by atoms with Gasteiger partial charge >= 0.3 is 6.55 Å². The summed E-state index contributed by atoms with van der Waals surface area (Å²) in [7, 11) is 0. The molecule has 1 N–H and O–H groups in total. The Balaban J connectivity index is 1.88. The normalized spacial score (nSPS) is 11.1. The number of halogens is 2. The first-order valence-electron chi connectivity index (χ1n) is 5.73. The molecule has 0 radical (unpaired) electrons. The number of alkyl halides is 2. The molecule has 1 aromatic carbocycles. The van der Waals surface area contributed by atoms with Crippen molar-refractivity contribution < 1.29 is 8.78 Å². The molecule has 3 nitrogen and oxygen atoms in total. The fourth-order valence-electron chi connectivity index (χ4n) is 1.68. The standard InChI is InChI=1S/C13H15F2N3/c1-10-2-4-11(5-3-10)8-16-9-12-17-6-7-18(12)13(14)15/h2-7,13,16H,8-9H2,1H3. The van der Waals surface area contributed by atoms with Crippen LogP contribution in [-0.4, -0.2) is 9.55 Å². The maximum absolute atomic E-state index is 12.6. The van der Waals surface area contributed by atoms with Gasteiger partial charge in [-0.15, -0.1) is 0 Å². The molecule has 0 aliphatic carbocycles. The smallest absolute Gasteiger partial charge is 0.306 e. The number of imidazole rings is 1. The van der Waals surface area contributed by atoms with Crippen molar-refractivity contribution in [2.45, 2.75) is 26.6 Å². The maximum Gasteiger partial charge on any atom is 0.319 e. The molecular weight excluding hydrogens is 236 g/mol. The molecule has 0 atom stereocenters. The van der Waals surface area contributed by atoms with E-state index in [1.165, 1.54) is 18.0 Å². The Hall–Kier alpha value is -1.75. The molecule has 18 heavy (non-hydrogen) atoms. The lowest BCUT2D eigenvalue weighted by Gasteiger charge is -2.08. The van der Waals surface area contributed by atoms with E-state index in [0.29, 0.717) is 18.9 Å². The zero-order valence-electron chi connectivity index (χ0n) is 10.1. The number of nitrogens with zero attached hydrogens (tertiary/aromatic N) is 2. The third kappa shape index (κ3) is 3.13. The highest BCUT2D eigenvalue weighted by molar-refractivity contribution is 5.21. The van der Waals surface area contributed by atoms with Crippen molar-refractivity contribution in [1.82, 2.24) is 14.9 Å². The van der Waals surface area contributed by atoms with Gasteiger partial charge in [-0.1, -0.05) is 29.8 Å². The molecule has 0 spiro atoms. The van der Waals surface area contributed by atoms with Gasteiger partial charge < -0.3 is 5.32 Å². The van der Waals surface area contributed by atoms with Gasteiger partial charge in [0, 0.05) is 18.9 Å². The van der Waals surface area contributed by atoms with Crippen molar-refractivity contribution in [2.24, 2.45) is 0 Å². The Bertz CT molecular complexity index is 491. The lowest BCUT2D eigenvalue weighted by Crippen LogP contribution is -2.16. The molecule has 0 aliphatic rings. The predicted octanol–water partition coefficient (Wildman–Crippen LogP) is 2.88. The van der Waals surface area contributed by atoms with Crippen molar-refractivity contribution in [3.63, 3.8) is 0 Å². The molecule has 1 heterocycles. The van der Waals surface area contributed by atoms with E-state index in [1.807, 2.05) is 31.2 Å². The Labute approximate surface area is 104 Å². The second-order valence-corrected chi connectivity index (χ2v) is 4.12. The van der Waals surface area contributed by atoms with E-state index in [2.05, 4.69) is 10.3 Å². The van der Waals surface area contributed by atoms with Crippen LogP contribution in [0.1, 0.15) is 23.5 Å². The molecule has 1 aromatic heterocycles. The number of nitrogens with one attached hydrogen (secondary N) is 1. The molecule has 2 rings (SSSR count). The van der Waals surface area contributed by atoms with E-state index < -0.39 is 6.55 Å². The van der Waals surface area contributed by atoms with Crippen LogP contribution in [0.4, 0.5) is 8.78 Å². The van der Waals surface area contributed by atoms with Crippen molar-refractivity contribution in [3.8, 4) is 0 Å². The highest BCUT2D eigenvalue weighted by Gasteiger charge is 2.10. The fourth-order valence-corrected chi connectivity index (χ4v) is 1.68. The molecule has 96 valence electrons. The number of rotatable bonds is 5. The molecule has 0 aliphatic heterocycles. The molecule has 0 saturated heterocycles. The number of hydrogen-bond donors (Lipinski definition) is 1. The van der Waals surface area contributed by atoms with Crippen LogP contribution < -0.4 is 5.32 Å². The number of aromatic nitrogens is 2. The quantitative estimate of drug-likeness (QED) is 0.885. The van der Waals surface area contributed by atoms with E-state index >= 15 is 0 Å². The van der Waals surface area contributed by atoms with E-state index in [4.69, 9.17) is 0 Å². The Morgan fingerprint density at radius 1 is 1.22 bits per heavy atom. The van der Waals surface area contributed by atoms with E-state index in [-0.39, 0.29) is 0 Å². The SMILES string of the molecule is Cc1ccc(CNCc2nccn2C(F)F)cc1. The summed E-state index contributed by atoms with van der Waals surface area (Å²) in [6, 6.07) is 8.08. The van der Waals surface area contributed by atoms with Crippen LogP contribution in [-0.2, 0) is 13.1 Å². The van der Waals surface area contributed by atoms with Crippen LogP contribution in [0.15, 0.2) is 36.7 Å². The van der Waals surface area contributed by atoms with Crippen LogP contribution >= 0.6 is 0 Å². The number of hydrogen-bond acceptors (Lipinski definition) is 2. The minimum Gasteiger partial charge on any atom is -0.306 e. The molecule has 0 bridgehead atoms. The molecular formula is C13H15F2N3. The molecule has 5 heteroatoms. The zero-order chi connectivity index (χ0) is 13.0. The first kappa shape index (κ1) is 12.7. The lowest BCUT2D eigenvalue weighted by atomic mass is 10.1. The Morgan fingerprint density at radius 2 is 1.94 bits per heavy atom. The first-order valence-corrected chi connectivity index (χ1v) is 5.73. The summed E-state index contributed by atoms with van der Waals surface area (Å²) in [5.41, 5.74) is 2.32. The second-order valence-electron chi connectivity index (χ2n) is 4.12. The number of benzene rings is 1. The largest absolute Gasteiger partial charge is 0.319 e. The van der Waals surface area contributed by atoms with Gasteiger partial charge in [0.05, 0.1) is 6.54 Å². The van der Waals surface area contributed by atoms with E-state index in [9.17, 15) is 8.78 Å². The highest BCUT2D eigenvalue weighted by Crippen LogP contribution is 2.12. The predicted molar refractivity (Wildman–Crippen MR) is 65.2 cm³/mol. The van der Waals surface area contributed by atoms with Gasteiger partial charge in [0.15, 0.2) is 0 Å². The van der Waals surface area contributed by atoms with Gasteiger partial charge in [0.2, 0.25) is 0 Å². The van der Waals surface area contributed by atoms with Gasteiger partial charge in [0.25, 0.3) is 0 Å². The lowest BCUT2D eigenvalue weighted by molar-refractivity contribution is 0.0666. The molecule has 0 amide bonds. The van der Waals surface area contributed by atoms with Gasteiger partial charge in [-0.25, -0.2) is 4.98 Å². The van der Waals surface area contributed by atoms with Crippen LogP contribution in [0.25, 0.3) is 0 Å². The van der Waals surface area contributed by atoms with Crippen molar-refractivity contribution in [2.75, 3.05) is 0 Å². The Morgan fingerprint density at radius 3 is 2.61 bits per heavy atom. The summed E-state index contributed by atoms with van der Waals surface area (Å²) in [4.78, 5) is 3.90. The van der Waals surface area contributed by atoms with Crippen molar-refractivity contribution >= 4 is 0 Å². The van der Waals surface area contributed by atoms with Crippen molar-refractivity contribution in [3.05, 3.63) is 53.6 Å². The molecule has 0 unspecified atom stereocenters. The summed E-state index contributed by atoms with van der Waals surface area (Å²) in [6.07, 6.45) is 2.67. The minimum absolute atomic E-state index is 0.325. The van der Waals surface area contributed by atoms with Crippen LogP contribution in [0.3, 0.4) is 0 Å². The summed E-state index contributed by atoms with van der Waals surface area (Å²) < 4.78 is 26.0. The fraction of sp³-hybridized carbons (Fsp3) is 0.308. The van der Waals surface area contributed by atoms with Crippen LogP contribution in [0.5, 0.6) is 0 Å². The topological polar surface area (TPSA) is 29.9 Å². The van der Waals surface area contributed by atoms with Gasteiger partial charge in [0.1, 0.15) is 5.82 Å². The van der Waals surface area contributed by atoms with Crippen molar-refractivity contribution in [1.29, 1.82) is 0 Å². The van der Waals surface area contributed by atoms with Gasteiger partial charge in [-0.05, 0) is 12.5 Å². The monoisotopic (exact) mass is 251 g/mol. The van der Waals surface area contributed by atoms with E-state index in [0.717, 1.165) is 10.1 Å². The van der Waals surface area contributed by atoms with Gasteiger partial charge in [-0.3, -0.25) is 4.57 Å². The third-order valence-corrected chi connectivity index (χ3v) is 2.69. The maximum atomic E-state index is 12.6. The molecule has 0 fully saturated rings. The average Bonchev–Trinajstić information content (AvgIpc) is 2.80. The van der Waals surface area contributed by atoms with Crippen LogP contribution in [0, 0.1) is 6.92 Å². The molecule has 0 saturated carbocycles. The third-order valence-electron chi connectivity index (χ3n) is 2.69. The molecule has 2 aromatic rings. The highest BCUT2D eigenvalue weighted by atomic mass is 19.3. The zero-order valence-corrected chi connectivity index (χ0v) is 10.1. The summed E-state index contributed by atoms with van der Waals surface area (Å²) in [6.45, 7) is 0.446. The summed E-state index contributed by atoms with van der Waals surface area (Å²) >= 11 is 0. The summed E-state index contributed by atoms with van der Waals surface area (Å²) in [5.74, 6) is 0.345. The van der Waals surface area contributed by atoms with Crippen LogP contribution in [0.2, 0.25) is 0 Å². The van der Waals surface area contributed by atoms with E-state index in [1.54, 1.807) is 0 Å².